The smallest absolute Gasteiger partial charge is 0.247 e. The fourth-order valence-corrected chi connectivity index (χ4v) is 3.57. The minimum atomic E-state index is -4.38. The zero-order chi connectivity index (χ0) is 16.4. The molecule has 3 rings (SSSR count). The molecule has 0 atom stereocenters. The summed E-state index contributed by atoms with van der Waals surface area (Å²) in [6, 6.07) is 6.93. The lowest BCUT2D eigenvalue weighted by molar-refractivity contribution is -0.137. The van der Waals surface area contributed by atoms with E-state index < -0.39 is 11.7 Å². The largest absolute Gasteiger partial charge is 0.416 e. The number of hydrogen-bond donors (Lipinski definition) is 1. The normalized spacial score (nSPS) is 11.4. The fraction of sp³-hybridized carbons (Fsp3) is 0.0769. The van der Waals surface area contributed by atoms with Gasteiger partial charge in [0.15, 0.2) is 10.0 Å². The second-order valence-electron chi connectivity index (χ2n) is 4.27. The number of H-pyrrole nitrogens is 1. The molecule has 0 amide bonds. The van der Waals surface area contributed by atoms with Crippen molar-refractivity contribution >= 4 is 23.1 Å². The van der Waals surface area contributed by atoms with Crippen LogP contribution in [0, 0.1) is 11.3 Å². The molecule has 0 radical (unpaired) electrons. The average molecular weight is 353 g/mol. The average Bonchev–Trinajstić information content (AvgIpc) is 3.14. The van der Waals surface area contributed by atoms with Crippen LogP contribution >= 0.6 is 23.1 Å². The van der Waals surface area contributed by atoms with Gasteiger partial charge in [-0.25, -0.2) is 10.1 Å². The molecule has 10 heteroatoms. The van der Waals surface area contributed by atoms with Crippen molar-refractivity contribution in [2.45, 2.75) is 15.4 Å². The molecule has 2 aromatic heterocycles. The minimum absolute atomic E-state index is 0.186. The predicted octanol–water partition coefficient (Wildman–Crippen LogP) is 3.97. The molecule has 0 fully saturated rings. The second kappa shape index (κ2) is 6.02. The van der Waals surface area contributed by atoms with Crippen LogP contribution in [0.2, 0.25) is 0 Å². The maximum absolute atomic E-state index is 12.7. The number of aromatic amines is 1. The van der Waals surface area contributed by atoms with Crippen LogP contribution in [0.1, 0.15) is 11.3 Å². The number of nitriles is 1. The minimum Gasteiger partial charge on any atom is -0.247 e. The van der Waals surface area contributed by atoms with Crippen molar-refractivity contribution in [2.75, 3.05) is 0 Å². The van der Waals surface area contributed by atoms with Crippen LogP contribution < -0.4 is 0 Å². The van der Waals surface area contributed by atoms with Gasteiger partial charge in [-0.1, -0.05) is 23.0 Å². The lowest BCUT2D eigenvalue weighted by Crippen LogP contribution is -2.04. The highest BCUT2D eigenvalue weighted by Gasteiger charge is 2.30. The Morgan fingerprint density at radius 3 is 2.87 bits per heavy atom. The Bertz CT molecular complexity index is 878. The second-order valence-corrected chi connectivity index (χ2v) is 6.45. The summed E-state index contributed by atoms with van der Waals surface area (Å²) < 4.78 is 38.7. The molecule has 5 nitrogen and oxygen atoms in total. The number of nitrogens with one attached hydrogen (secondary N) is 1. The van der Waals surface area contributed by atoms with Gasteiger partial charge in [-0.3, -0.25) is 0 Å². The predicted molar refractivity (Wildman–Crippen MR) is 77.8 cm³/mol. The van der Waals surface area contributed by atoms with Crippen molar-refractivity contribution in [1.82, 2.24) is 20.4 Å². The van der Waals surface area contributed by atoms with Crippen LogP contribution in [0.4, 0.5) is 13.2 Å². The summed E-state index contributed by atoms with van der Waals surface area (Å²) in [6.45, 7) is 0. The molecule has 2 heterocycles. The van der Waals surface area contributed by atoms with E-state index in [0.29, 0.717) is 20.6 Å². The number of alkyl halides is 3. The Morgan fingerprint density at radius 2 is 2.13 bits per heavy atom. The number of halogens is 3. The number of rotatable bonds is 3. The highest BCUT2D eigenvalue weighted by atomic mass is 32.2. The number of nitrogens with zero attached hydrogens (tertiary/aromatic N) is 4. The van der Waals surface area contributed by atoms with Crippen LogP contribution in [-0.4, -0.2) is 20.4 Å². The summed E-state index contributed by atoms with van der Waals surface area (Å²) in [5, 5.41) is 20.4. The maximum Gasteiger partial charge on any atom is 0.416 e. The summed E-state index contributed by atoms with van der Waals surface area (Å²) in [5.74, 6) is 0. The zero-order valence-electron chi connectivity index (χ0n) is 11.1. The Morgan fingerprint density at radius 1 is 1.30 bits per heavy atom. The maximum atomic E-state index is 12.7. The molecule has 116 valence electrons. The van der Waals surface area contributed by atoms with Gasteiger partial charge >= 0.3 is 6.18 Å². The highest BCUT2D eigenvalue weighted by Crippen LogP contribution is 2.36. The first kappa shape index (κ1) is 15.5. The van der Waals surface area contributed by atoms with Gasteiger partial charge in [0.1, 0.15) is 17.5 Å². The van der Waals surface area contributed by atoms with Crippen LogP contribution in [-0.2, 0) is 6.18 Å². The first-order chi connectivity index (χ1) is 11.0. The Balaban J connectivity index is 1.84. The van der Waals surface area contributed by atoms with Gasteiger partial charge in [0, 0.05) is 10.3 Å². The quantitative estimate of drug-likeness (QED) is 0.771. The van der Waals surface area contributed by atoms with Gasteiger partial charge in [0.2, 0.25) is 0 Å². The van der Waals surface area contributed by atoms with Gasteiger partial charge < -0.3 is 0 Å². The molecule has 0 saturated heterocycles. The Kier molecular flexibility index (Phi) is 4.06. The van der Waals surface area contributed by atoms with E-state index in [0.717, 1.165) is 23.9 Å². The highest BCUT2D eigenvalue weighted by molar-refractivity contribution is 8.01. The van der Waals surface area contributed by atoms with E-state index in [9.17, 15) is 13.2 Å². The molecule has 0 saturated carbocycles. The van der Waals surface area contributed by atoms with Crippen LogP contribution in [0.3, 0.4) is 0 Å². The van der Waals surface area contributed by atoms with Gasteiger partial charge in [0.05, 0.1) is 5.56 Å². The van der Waals surface area contributed by atoms with Crippen LogP contribution in [0.5, 0.6) is 0 Å². The topological polar surface area (TPSA) is 78.2 Å². The third kappa shape index (κ3) is 3.35. The standard InChI is InChI=1S/C13H6F3N5S2/c14-13(15,16)7-2-1-3-8(4-7)23-12-18-10(6-22-12)11-9(5-17)19-21-20-11/h1-4,6H,(H,19,20,21). The van der Waals surface area contributed by atoms with E-state index in [2.05, 4.69) is 20.4 Å². The van der Waals surface area contributed by atoms with Gasteiger partial charge in [-0.2, -0.15) is 18.4 Å². The number of thiazole rings is 1. The number of hydrogen-bond acceptors (Lipinski definition) is 6. The van der Waals surface area contributed by atoms with Crippen molar-refractivity contribution in [3.63, 3.8) is 0 Å². The summed E-state index contributed by atoms with van der Waals surface area (Å²) in [7, 11) is 0. The van der Waals surface area contributed by atoms with Crippen LogP contribution in [0.25, 0.3) is 11.4 Å². The van der Waals surface area contributed by atoms with Crippen molar-refractivity contribution in [3.05, 3.63) is 40.9 Å². The molecule has 23 heavy (non-hydrogen) atoms. The van der Waals surface area contributed by atoms with E-state index in [1.165, 1.54) is 17.4 Å². The zero-order valence-corrected chi connectivity index (χ0v) is 12.8. The summed E-state index contributed by atoms with van der Waals surface area (Å²) in [5.41, 5.74) is 0.253. The number of benzene rings is 1. The molecule has 0 unspecified atom stereocenters. The molecule has 1 N–H and O–H groups in total. The summed E-state index contributed by atoms with van der Waals surface area (Å²) >= 11 is 2.37. The first-order valence-corrected chi connectivity index (χ1v) is 7.79. The first-order valence-electron chi connectivity index (χ1n) is 6.09. The molecule has 0 aliphatic rings. The molecule has 1 aromatic carbocycles. The van der Waals surface area contributed by atoms with Gasteiger partial charge in [-0.15, -0.1) is 16.4 Å². The molecular formula is C13H6F3N5S2. The molecule has 0 aliphatic heterocycles. The van der Waals surface area contributed by atoms with Gasteiger partial charge in [-0.05, 0) is 18.2 Å². The van der Waals surface area contributed by atoms with E-state index in [-0.39, 0.29) is 5.69 Å². The SMILES string of the molecule is N#Cc1[nH]nnc1-c1csc(Sc2cccc(C(F)(F)F)c2)n1. The van der Waals surface area contributed by atoms with E-state index in [4.69, 9.17) is 5.26 Å². The van der Waals surface area contributed by atoms with E-state index >= 15 is 0 Å². The molecule has 0 bridgehead atoms. The van der Waals surface area contributed by atoms with Crippen LogP contribution in [0.15, 0.2) is 38.9 Å². The molecular weight excluding hydrogens is 347 g/mol. The van der Waals surface area contributed by atoms with E-state index in [1.54, 1.807) is 11.4 Å². The fourth-order valence-electron chi connectivity index (χ4n) is 1.73. The number of aromatic nitrogens is 4. The molecule has 0 aliphatic carbocycles. The summed E-state index contributed by atoms with van der Waals surface area (Å²) in [6.07, 6.45) is -4.38. The van der Waals surface area contributed by atoms with Gasteiger partial charge in [0.25, 0.3) is 0 Å². The third-order valence-electron chi connectivity index (χ3n) is 2.75. The third-order valence-corrected chi connectivity index (χ3v) is 4.68. The van der Waals surface area contributed by atoms with Crippen molar-refractivity contribution in [3.8, 4) is 17.5 Å². The monoisotopic (exact) mass is 353 g/mol. The summed E-state index contributed by atoms with van der Waals surface area (Å²) in [4.78, 5) is 4.71. The molecule has 0 spiro atoms. The van der Waals surface area contributed by atoms with E-state index in [1.807, 2.05) is 6.07 Å². The Hall–Kier alpha value is -2.38. The lowest BCUT2D eigenvalue weighted by Gasteiger charge is -2.07. The molecule has 3 aromatic rings. The Labute approximate surface area is 136 Å². The van der Waals surface area contributed by atoms with Crippen molar-refractivity contribution in [1.29, 1.82) is 5.26 Å². The van der Waals surface area contributed by atoms with Crippen molar-refractivity contribution < 1.29 is 13.2 Å². The van der Waals surface area contributed by atoms with Crippen molar-refractivity contribution in [2.24, 2.45) is 0 Å². The lowest BCUT2D eigenvalue weighted by atomic mass is 10.2.